The van der Waals surface area contributed by atoms with Gasteiger partial charge >= 0.3 is 5.97 Å². The van der Waals surface area contributed by atoms with Crippen LogP contribution in [0.15, 0.2) is 91.1 Å². The highest BCUT2D eigenvalue weighted by molar-refractivity contribution is 5.91. The third kappa shape index (κ3) is 5.62. The normalized spacial score (nSPS) is 11.0. The molecule has 38 heavy (non-hydrogen) atoms. The molecule has 0 spiro atoms. The van der Waals surface area contributed by atoms with Gasteiger partial charge in [0, 0.05) is 41.1 Å². The van der Waals surface area contributed by atoms with Crippen LogP contribution in [-0.4, -0.2) is 17.1 Å². The third-order valence-corrected chi connectivity index (χ3v) is 6.22. The van der Waals surface area contributed by atoms with Crippen LogP contribution in [0.25, 0.3) is 22.0 Å². The van der Waals surface area contributed by atoms with Crippen LogP contribution in [0.4, 0.5) is 15.8 Å². The molecule has 0 atom stereocenters. The molecule has 1 aromatic heterocycles. The molecule has 4 N–H and O–H groups in total. The van der Waals surface area contributed by atoms with Crippen molar-refractivity contribution in [3.05, 3.63) is 108 Å². The molecule has 0 aliphatic heterocycles. The van der Waals surface area contributed by atoms with Crippen LogP contribution in [0.2, 0.25) is 0 Å². The summed E-state index contributed by atoms with van der Waals surface area (Å²) >= 11 is 0. The predicted molar refractivity (Wildman–Crippen MR) is 149 cm³/mol. The Hall–Kier alpha value is -4.78. The Morgan fingerprint density at radius 2 is 1.63 bits per heavy atom. The van der Waals surface area contributed by atoms with E-state index >= 15 is 0 Å². The van der Waals surface area contributed by atoms with Crippen molar-refractivity contribution in [3.63, 3.8) is 0 Å². The second-order valence-electron chi connectivity index (χ2n) is 9.09. The van der Waals surface area contributed by atoms with E-state index in [1.807, 2.05) is 54.7 Å². The lowest BCUT2D eigenvalue weighted by Crippen LogP contribution is -2.07. The molecule has 7 heteroatoms. The third-order valence-electron chi connectivity index (χ3n) is 6.22. The molecule has 0 saturated carbocycles. The molecule has 0 saturated heterocycles. The number of benzene rings is 4. The lowest BCUT2D eigenvalue weighted by Gasteiger charge is -2.10. The van der Waals surface area contributed by atoms with Gasteiger partial charge in [-0.2, -0.15) is 0 Å². The average molecular weight is 510 g/mol. The molecule has 0 aliphatic rings. The number of esters is 1. The molecule has 0 radical (unpaired) electrons. The van der Waals surface area contributed by atoms with E-state index < -0.39 is 0 Å². The fraction of sp³-hybridized carbons (Fsp3) is 0.129. The van der Waals surface area contributed by atoms with Gasteiger partial charge in [-0.15, -0.1) is 0 Å². The zero-order valence-corrected chi connectivity index (χ0v) is 21.0. The summed E-state index contributed by atoms with van der Waals surface area (Å²) < 4.78 is 26.6. The summed E-state index contributed by atoms with van der Waals surface area (Å²) in [6, 6.07) is 25.3. The van der Waals surface area contributed by atoms with Crippen LogP contribution in [0.3, 0.4) is 0 Å². The van der Waals surface area contributed by atoms with Gasteiger partial charge in [0.2, 0.25) is 0 Å². The van der Waals surface area contributed by atoms with Gasteiger partial charge < -0.3 is 25.5 Å². The van der Waals surface area contributed by atoms with Crippen LogP contribution in [0.1, 0.15) is 18.1 Å². The summed E-state index contributed by atoms with van der Waals surface area (Å²) in [5.74, 6) is 0.435. The summed E-state index contributed by atoms with van der Waals surface area (Å²) in [6.07, 6.45) is 2.18. The molecular formula is C31H28FN3O3. The minimum Gasteiger partial charge on any atom is -0.466 e. The standard InChI is InChI=1S/C31H28FN3O3/c1-2-37-31(36)15-23-19-35(18-20-6-9-27(10-7-20)38-28-5-3-4-24(32)16-28)30-14-21(8-11-29(23)30)22-12-25(33)17-26(34)13-22/h3-14,16-17,19H,2,15,18,33-34H2,1H3. The number of anilines is 2. The van der Waals surface area contributed by atoms with Crippen molar-refractivity contribution in [2.45, 2.75) is 19.9 Å². The molecule has 1 heterocycles. The van der Waals surface area contributed by atoms with Gasteiger partial charge in [0.05, 0.1) is 13.0 Å². The van der Waals surface area contributed by atoms with Crippen molar-refractivity contribution < 1.29 is 18.7 Å². The SMILES string of the molecule is CCOC(=O)Cc1cn(Cc2ccc(Oc3cccc(F)c3)cc2)c2cc(-c3cc(N)cc(N)c3)ccc12. The molecule has 5 rings (SSSR count). The van der Waals surface area contributed by atoms with E-state index in [-0.39, 0.29) is 18.2 Å². The van der Waals surface area contributed by atoms with Gasteiger partial charge in [-0.1, -0.05) is 30.3 Å². The lowest BCUT2D eigenvalue weighted by molar-refractivity contribution is -0.142. The highest BCUT2D eigenvalue weighted by atomic mass is 19.1. The minimum atomic E-state index is -0.350. The van der Waals surface area contributed by atoms with Gasteiger partial charge in [-0.25, -0.2) is 4.39 Å². The predicted octanol–water partition coefficient (Wildman–Crippen LogP) is 6.56. The molecular weight excluding hydrogens is 481 g/mol. The first-order chi connectivity index (χ1) is 18.4. The number of hydrogen-bond donors (Lipinski definition) is 2. The summed E-state index contributed by atoms with van der Waals surface area (Å²) in [5, 5.41) is 0.977. The summed E-state index contributed by atoms with van der Waals surface area (Å²) in [4.78, 5) is 12.3. The Morgan fingerprint density at radius 3 is 2.34 bits per heavy atom. The molecule has 0 aliphatic carbocycles. The average Bonchev–Trinajstić information content (AvgIpc) is 3.21. The zero-order chi connectivity index (χ0) is 26.6. The first-order valence-corrected chi connectivity index (χ1v) is 12.3. The number of hydrogen-bond acceptors (Lipinski definition) is 5. The van der Waals surface area contributed by atoms with Crippen molar-refractivity contribution >= 4 is 28.2 Å². The van der Waals surface area contributed by atoms with E-state index in [4.69, 9.17) is 20.9 Å². The Morgan fingerprint density at radius 1 is 0.868 bits per heavy atom. The van der Waals surface area contributed by atoms with Crippen molar-refractivity contribution in [1.29, 1.82) is 0 Å². The Bertz CT molecular complexity index is 1590. The van der Waals surface area contributed by atoms with E-state index in [9.17, 15) is 9.18 Å². The second kappa shape index (κ2) is 10.7. The van der Waals surface area contributed by atoms with E-state index in [1.54, 1.807) is 25.1 Å². The summed E-state index contributed by atoms with van der Waals surface area (Å²) in [6.45, 7) is 2.71. The van der Waals surface area contributed by atoms with E-state index in [0.29, 0.717) is 36.0 Å². The number of halogens is 1. The maximum atomic E-state index is 13.5. The minimum absolute atomic E-state index is 0.183. The van der Waals surface area contributed by atoms with Crippen molar-refractivity contribution in [2.75, 3.05) is 18.1 Å². The molecule has 6 nitrogen and oxygen atoms in total. The van der Waals surface area contributed by atoms with Crippen LogP contribution < -0.4 is 16.2 Å². The maximum Gasteiger partial charge on any atom is 0.310 e. The maximum absolute atomic E-state index is 13.5. The van der Waals surface area contributed by atoms with Crippen LogP contribution in [0.5, 0.6) is 11.5 Å². The molecule has 192 valence electrons. The number of nitrogens with two attached hydrogens (primary N) is 2. The first kappa shape index (κ1) is 24.9. The number of rotatable bonds is 8. The fourth-order valence-electron chi connectivity index (χ4n) is 4.56. The highest BCUT2D eigenvalue weighted by Crippen LogP contribution is 2.31. The fourth-order valence-corrected chi connectivity index (χ4v) is 4.56. The monoisotopic (exact) mass is 509 g/mol. The number of nitrogens with zero attached hydrogens (tertiary/aromatic N) is 1. The van der Waals surface area contributed by atoms with Gasteiger partial charge in [0.1, 0.15) is 17.3 Å². The number of ether oxygens (including phenoxy) is 2. The number of fused-ring (bicyclic) bond motifs is 1. The number of carbonyl (C=O) groups excluding carboxylic acids is 1. The van der Waals surface area contributed by atoms with Gasteiger partial charge in [0.15, 0.2) is 0 Å². The Kier molecular flexibility index (Phi) is 7.00. The quantitative estimate of drug-likeness (QED) is 0.183. The largest absolute Gasteiger partial charge is 0.466 e. The number of aromatic nitrogens is 1. The topological polar surface area (TPSA) is 92.5 Å². The lowest BCUT2D eigenvalue weighted by atomic mass is 10.0. The highest BCUT2D eigenvalue weighted by Gasteiger charge is 2.15. The second-order valence-corrected chi connectivity index (χ2v) is 9.09. The van der Waals surface area contributed by atoms with Crippen LogP contribution >= 0.6 is 0 Å². The Labute approximate surface area is 220 Å². The number of nitrogen functional groups attached to an aromatic ring is 2. The van der Waals surface area contributed by atoms with E-state index in [2.05, 4.69) is 10.6 Å². The van der Waals surface area contributed by atoms with Crippen molar-refractivity contribution in [2.24, 2.45) is 0 Å². The van der Waals surface area contributed by atoms with E-state index in [1.165, 1.54) is 12.1 Å². The van der Waals surface area contributed by atoms with Crippen LogP contribution in [0, 0.1) is 5.82 Å². The smallest absolute Gasteiger partial charge is 0.310 e. The Balaban J connectivity index is 1.47. The van der Waals surface area contributed by atoms with Crippen molar-refractivity contribution in [3.8, 4) is 22.6 Å². The van der Waals surface area contributed by atoms with Crippen LogP contribution in [-0.2, 0) is 22.5 Å². The molecule has 0 unspecified atom stereocenters. The van der Waals surface area contributed by atoms with E-state index in [0.717, 1.165) is 33.2 Å². The van der Waals surface area contributed by atoms with Gasteiger partial charge in [-0.3, -0.25) is 4.79 Å². The van der Waals surface area contributed by atoms with Gasteiger partial charge in [-0.05, 0) is 77.7 Å². The molecule has 0 amide bonds. The first-order valence-electron chi connectivity index (χ1n) is 12.3. The zero-order valence-electron chi connectivity index (χ0n) is 21.0. The molecule has 5 aromatic rings. The van der Waals surface area contributed by atoms with Crippen molar-refractivity contribution in [1.82, 2.24) is 4.57 Å². The summed E-state index contributed by atoms with van der Waals surface area (Å²) in [5.41, 5.74) is 18.0. The number of carbonyl (C=O) groups is 1. The molecule has 0 fully saturated rings. The molecule has 0 bridgehead atoms. The molecule has 4 aromatic carbocycles. The summed E-state index contributed by atoms with van der Waals surface area (Å²) in [7, 11) is 0. The van der Waals surface area contributed by atoms with Gasteiger partial charge in [0.25, 0.3) is 0 Å².